The number of rotatable bonds is 3. The number of urea groups is 1. The van der Waals surface area contributed by atoms with Gasteiger partial charge in [0.05, 0.1) is 5.56 Å². The maximum absolute atomic E-state index is 12.8. The highest BCUT2D eigenvalue weighted by molar-refractivity contribution is 9.10. The summed E-state index contributed by atoms with van der Waals surface area (Å²) in [6.45, 7) is -0.210. The molecule has 116 valence electrons. The van der Waals surface area contributed by atoms with E-state index >= 15 is 0 Å². The second-order valence-corrected chi connectivity index (χ2v) is 5.39. The van der Waals surface area contributed by atoms with Crippen LogP contribution in [-0.2, 0) is 12.7 Å². The van der Waals surface area contributed by atoms with E-state index in [9.17, 15) is 18.0 Å². The van der Waals surface area contributed by atoms with Crippen molar-refractivity contribution < 1.29 is 18.0 Å². The van der Waals surface area contributed by atoms with Gasteiger partial charge in [0, 0.05) is 16.7 Å². The van der Waals surface area contributed by atoms with E-state index in [1.807, 2.05) is 0 Å². The van der Waals surface area contributed by atoms with Crippen LogP contribution in [0.5, 0.6) is 0 Å². The molecule has 0 heterocycles. The van der Waals surface area contributed by atoms with Crippen LogP contribution in [0.2, 0.25) is 0 Å². The standard InChI is InChI=1S/C15H12BrF3N2O/c16-11-5-7-12(8-6-11)21-14(22)20-9-10-3-1-2-4-13(10)15(17,18)19/h1-8H,9H2,(H2,20,21,22). The molecule has 2 aromatic rings. The van der Waals surface area contributed by atoms with Gasteiger partial charge in [-0.25, -0.2) is 4.79 Å². The van der Waals surface area contributed by atoms with Gasteiger partial charge in [-0.2, -0.15) is 13.2 Å². The van der Waals surface area contributed by atoms with Crippen molar-refractivity contribution in [3.8, 4) is 0 Å². The van der Waals surface area contributed by atoms with E-state index in [2.05, 4.69) is 26.6 Å². The molecule has 0 aliphatic heterocycles. The summed E-state index contributed by atoms with van der Waals surface area (Å²) in [5, 5.41) is 4.96. The molecule has 0 aliphatic carbocycles. The summed E-state index contributed by atoms with van der Waals surface area (Å²) in [6.07, 6.45) is -4.44. The lowest BCUT2D eigenvalue weighted by Gasteiger charge is -2.13. The smallest absolute Gasteiger partial charge is 0.334 e. The van der Waals surface area contributed by atoms with Gasteiger partial charge in [0.2, 0.25) is 0 Å². The zero-order valence-electron chi connectivity index (χ0n) is 11.2. The Balaban J connectivity index is 1.98. The van der Waals surface area contributed by atoms with Gasteiger partial charge >= 0.3 is 12.2 Å². The largest absolute Gasteiger partial charge is 0.416 e. The molecule has 2 amide bonds. The third kappa shape index (κ3) is 4.49. The number of benzene rings is 2. The van der Waals surface area contributed by atoms with E-state index in [0.717, 1.165) is 10.5 Å². The third-order valence-electron chi connectivity index (χ3n) is 2.86. The van der Waals surface area contributed by atoms with Crippen LogP contribution in [0.4, 0.5) is 23.7 Å². The van der Waals surface area contributed by atoms with Gasteiger partial charge in [-0.15, -0.1) is 0 Å². The zero-order valence-corrected chi connectivity index (χ0v) is 12.8. The molecule has 0 saturated carbocycles. The molecular weight excluding hydrogens is 361 g/mol. The predicted octanol–water partition coefficient (Wildman–Crippen LogP) is 4.79. The second kappa shape index (κ2) is 6.83. The Bertz CT molecular complexity index is 657. The molecule has 2 N–H and O–H groups in total. The fourth-order valence-corrected chi connectivity index (χ4v) is 2.10. The summed E-state index contributed by atoms with van der Waals surface area (Å²) in [4.78, 5) is 11.7. The quantitative estimate of drug-likeness (QED) is 0.798. The van der Waals surface area contributed by atoms with E-state index in [4.69, 9.17) is 0 Å². The minimum absolute atomic E-state index is 0.0148. The van der Waals surface area contributed by atoms with Gasteiger partial charge in [-0.05, 0) is 35.9 Å². The summed E-state index contributed by atoms with van der Waals surface area (Å²) in [5.41, 5.74) is -0.190. The fraction of sp³-hybridized carbons (Fsp3) is 0.133. The van der Waals surface area contributed by atoms with Gasteiger partial charge < -0.3 is 10.6 Å². The minimum Gasteiger partial charge on any atom is -0.334 e. The Labute approximate surface area is 133 Å². The molecule has 2 rings (SSSR count). The molecule has 0 aliphatic rings. The third-order valence-corrected chi connectivity index (χ3v) is 3.39. The second-order valence-electron chi connectivity index (χ2n) is 4.47. The lowest BCUT2D eigenvalue weighted by Crippen LogP contribution is -2.29. The van der Waals surface area contributed by atoms with Crippen LogP contribution in [0.25, 0.3) is 0 Å². The molecular formula is C15H12BrF3N2O. The van der Waals surface area contributed by atoms with Crippen molar-refractivity contribution in [3.05, 3.63) is 64.1 Å². The molecule has 22 heavy (non-hydrogen) atoms. The molecule has 0 bridgehead atoms. The predicted molar refractivity (Wildman–Crippen MR) is 81.4 cm³/mol. The number of halogens is 4. The molecule has 0 aromatic heterocycles. The number of amides is 2. The first-order valence-corrected chi connectivity index (χ1v) is 7.11. The molecule has 0 saturated heterocycles. The van der Waals surface area contributed by atoms with Gasteiger partial charge in [0.1, 0.15) is 0 Å². The summed E-state index contributed by atoms with van der Waals surface area (Å²) >= 11 is 3.26. The number of hydrogen-bond acceptors (Lipinski definition) is 1. The van der Waals surface area contributed by atoms with E-state index in [1.165, 1.54) is 18.2 Å². The van der Waals surface area contributed by atoms with Crippen molar-refractivity contribution in [2.75, 3.05) is 5.32 Å². The number of carbonyl (C=O) groups excluding carboxylic acids is 1. The van der Waals surface area contributed by atoms with Crippen LogP contribution in [0, 0.1) is 0 Å². The van der Waals surface area contributed by atoms with Crippen molar-refractivity contribution in [2.45, 2.75) is 12.7 Å². The average Bonchev–Trinajstić information content (AvgIpc) is 2.47. The lowest BCUT2D eigenvalue weighted by atomic mass is 10.1. The fourth-order valence-electron chi connectivity index (χ4n) is 1.84. The minimum atomic E-state index is -4.44. The first kappa shape index (κ1) is 16.4. The normalized spacial score (nSPS) is 11.1. The molecule has 0 radical (unpaired) electrons. The van der Waals surface area contributed by atoms with Crippen LogP contribution < -0.4 is 10.6 Å². The van der Waals surface area contributed by atoms with Gasteiger partial charge in [-0.3, -0.25) is 0 Å². The van der Waals surface area contributed by atoms with Crippen molar-refractivity contribution in [2.24, 2.45) is 0 Å². The van der Waals surface area contributed by atoms with Crippen LogP contribution >= 0.6 is 15.9 Å². The average molecular weight is 373 g/mol. The number of hydrogen-bond donors (Lipinski definition) is 2. The first-order chi connectivity index (χ1) is 10.4. The summed E-state index contributed by atoms with van der Waals surface area (Å²) < 4.78 is 39.3. The monoisotopic (exact) mass is 372 g/mol. The van der Waals surface area contributed by atoms with E-state index in [0.29, 0.717) is 5.69 Å². The van der Waals surface area contributed by atoms with Crippen LogP contribution in [0.15, 0.2) is 53.0 Å². The molecule has 3 nitrogen and oxygen atoms in total. The van der Waals surface area contributed by atoms with Gasteiger partial charge in [0.15, 0.2) is 0 Å². The summed E-state index contributed by atoms with van der Waals surface area (Å²) in [7, 11) is 0. The van der Waals surface area contributed by atoms with E-state index < -0.39 is 17.8 Å². The maximum Gasteiger partial charge on any atom is 0.416 e. The van der Waals surface area contributed by atoms with Crippen LogP contribution in [0.1, 0.15) is 11.1 Å². The molecule has 2 aromatic carbocycles. The van der Waals surface area contributed by atoms with Crippen molar-refractivity contribution in [1.82, 2.24) is 5.32 Å². The highest BCUT2D eigenvalue weighted by Gasteiger charge is 2.32. The number of anilines is 1. The topological polar surface area (TPSA) is 41.1 Å². The Morgan fingerprint density at radius 3 is 2.32 bits per heavy atom. The van der Waals surface area contributed by atoms with E-state index in [-0.39, 0.29) is 12.1 Å². The molecule has 0 atom stereocenters. The van der Waals surface area contributed by atoms with Crippen LogP contribution in [-0.4, -0.2) is 6.03 Å². The molecule has 0 spiro atoms. The van der Waals surface area contributed by atoms with Gasteiger partial charge in [0.25, 0.3) is 0 Å². The number of alkyl halides is 3. The first-order valence-electron chi connectivity index (χ1n) is 6.32. The summed E-state index contributed by atoms with van der Waals surface area (Å²) in [5.74, 6) is 0. The zero-order chi connectivity index (χ0) is 16.2. The van der Waals surface area contributed by atoms with Crippen molar-refractivity contribution in [1.29, 1.82) is 0 Å². The number of carbonyl (C=O) groups is 1. The Morgan fingerprint density at radius 2 is 1.68 bits per heavy atom. The molecule has 0 fully saturated rings. The van der Waals surface area contributed by atoms with Crippen molar-refractivity contribution >= 4 is 27.6 Å². The Morgan fingerprint density at radius 1 is 1.05 bits per heavy atom. The Hall–Kier alpha value is -2.02. The highest BCUT2D eigenvalue weighted by atomic mass is 79.9. The van der Waals surface area contributed by atoms with Gasteiger partial charge in [-0.1, -0.05) is 34.1 Å². The molecule has 7 heteroatoms. The lowest BCUT2D eigenvalue weighted by molar-refractivity contribution is -0.138. The SMILES string of the molecule is O=C(NCc1ccccc1C(F)(F)F)Nc1ccc(Br)cc1. The van der Waals surface area contributed by atoms with E-state index in [1.54, 1.807) is 24.3 Å². The molecule has 0 unspecified atom stereocenters. The van der Waals surface area contributed by atoms with Crippen molar-refractivity contribution in [3.63, 3.8) is 0 Å². The number of nitrogens with one attached hydrogen (secondary N) is 2. The highest BCUT2D eigenvalue weighted by Crippen LogP contribution is 2.31. The Kier molecular flexibility index (Phi) is 5.07. The summed E-state index contributed by atoms with van der Waals surface area (Å²) in [6, 6.07) is 11.4. The van der Waals surface area contributed by atoms with Crippen LogP contribution in [0.3, 0.4) is 0 Å². The maximum atomic E-state index is 12.8.